The summed E-state index contributed by atoms with van der Waals surface area (Å²) in [4.78, 5) is 49.8. The number of benzene rings is 1. The molecule has 1 aromatic carbocycles. The maximum Gasteiger partial charge on any atom is 0.406 e. The second-order valence-electron chi connectivity index (χ2n) is 12.0. The lowest BCUT2D eigenvalue weighted by Gasteiger charge is -2.26. The molecule has 0 spiro atoms. The molecular weight excluding hydrogens is 699 g/mol. The van der Waals surface area contributed by atoms with Crippen molar-refractivity contribution in [3.63, 3.8) is 0 Å². The number of rotatable bonds is 12. The maximum absolute atomic E-state index is 14.6. The van der Waals surface area contributed by atoms with Crippen LogP contribution in [0.15, 0.2) is 45.1 Å². The summed E-state index contributed by atoms with van der Waals surface area (Å²) < 4.78 is 57.6. The first kappa shape index (κ1) is 35.0. The van der Waals surface area contributed by atoms with Crippen molar-refractivity contribution >= 4 is 24.9 Å². The Morgan fingerprint density at radius 3 is 2.75 bits per heavy atom. The molecule has 0 radical (unpaired) electrons. The highest BCUT2D eigenvalue weighted by atomic mass is 31.2. The SMILES string of the molecule is CO[C@@H]1C(O)[C@@H](COP(=O)(NCc2cccc3c2OCO3)OC2C[C@H](n3cnc4c(=O)[nH]c(N)nc43)O[C@@H]2CO)O[C@H]1n1cc(C)c(=O)[nH]c1=O. The lowest BCUT2D eigenvalue weighted by Crippen LogP contribution is -2.39. The molecule has 7 N–H and O–H groups in total. The summed E-state index contributed by atoms with van der Waals surface area (Å²) in [5.41, 5.74) is 4.75. The second-order valence-corrected chi connectivity index (χ2v) is 13.8. The molecule has 4 aromatic rings. The highest BCUT2D eigenvalue weighted by Gasteiger charge is 2.48. The Hall–Kier alpha value is -4.44. The van der Waals surface area contributed by atoms with E-state index in [1.165, 1.54) is 31.1 Å². The fourth-order valence-electron chi connectivity index (χ4n) is 6.18. The zero-order valence-corrected chi connectivity index (χ0v) is 28.1. The summed E-state index contributed by atoms with van der Waals surface area (Å²) in [5, 5.41) is 24.2. The van der Waals surface area contributed by atoms with Gasteiger partial charge in [-0.3, -0.25) is 37.7 Å². The number of fused-ring (bicyclic) bond motifs is 2. The van der Waals surface area contributed by atoms with Crippen molar-refractivity contribution in [1.29, 1.82) is 0 Å². The number of nitrogen functional groups attached to an aromatic ring is 1. The van der Waals surface area contributed by atoms with E-state index in [4.69, 9.17) is 38.5 Å². The number of nitrogens with zero attached hydrogens (tertiary/aromatic N) is 4. The molecule has 8 atom stereocenters. The molecule has 274 valence electrons. The van der Waals surface area contributed by atoms with E-state index >= 15 is 0 Å². The number of hydrogen-bond acceptors (Lipinski definition) is 16. The van der Waals surface area contributed by atoms with Crippen molar-refractivity contribution < 1.29 is 47.5 Å². The van der Waals surface area contributed by atoms with Gasteiger partial charge in [-0.25, -0.2) is 19.4 Å². The molecular formula is C29H35N8O13P. The molecule has 3 aromatic heterocycles. The van der Waals surface area contributed by atoms with Crippen LogP contribution in [0.25, 0.3) is 11.2 Å². The second kappa shape index (κ2) is 13.9. The summed E-state index contributed by atoms with van der Waals surface area (Å²) >= 11 is 0. The van der Waals surface area contributed by atoms with E-state index in [9.17, 15) is 29.2 Å². The number of aliphatic hydroxyl groups is 2. The van der Waals surface area contributed by atoms with Gasteiger partial charge in [0.15, 0.2) is 28.9 Å². The molecule has 0 saturated carbocycles. The van der Waals surface area contributed by atoms with Gasteiger partial charge in [0.2, 0.25) is 12.7 Å². The minimum atomic E-state index is -4.40. The number of nitrogens with one attached hydrogen (secondary N) is 3. The zero-order chi connectivity index (χ0) is 36.0. The summed E-state index contributed by atoms with van der Waals surface area (Å²) in [6.45, 7) is 0.341. The Balaban J connectivity index is 1.14. The van der Waals surface area contributed by atoms with Crippen LogP contribution in [0.4, 0.5) is 5.95 Å². The fraction of sp³-hybridized carbons (Fsp3) is 0.483. The summed E-state index contributed by atoms with van der Waals surface area (Å²) in [5.74, 6) is 0.785. The largest absolute Gasteiger partial charge is 0.454 e. The molecule has 6 heterocycles. The molecule has 0 amide bonds. The van der Waals surface area contributed by atoms with E-state index in [1.807, 2.05) is 0 Å². The maximum atomic E-state index is 14.6. The third kappa shape index (κ3) is 6.70. The van der Waals surface area contributed by atoms with Crippen molar-refractivity contribution in [3.8, 4) is 11.5 Å². The number of imidazole rings is 1. The summed E-state index contributed by atoms with van der Waals surface area (Å²) in [7, 11) is -3.09. The Bertz CT molecular complexity index is 2150. The number of anilines is 1. The van der Waals surface area contributed by atoms with Crippen molar-refractivity contribution in [2.75, 3.05) is 32.9 Å². The van der Waals surface area contributed by atoms with Crippen molar-refractivity contribution in [2.24, 2.45) is 0 Å². The Kier molecular flexibility index (Phi) is 9.56. The zero-order valence-electron chi connectivity index (χ0n) is 27.2. The van der Waals surface area contributed by atoms with Gasteiger partial charge in [0, 0.05) is 37.4 Å². The number of aromatic amines is 2. The van der Waals surface area contributed by atoms with Crippen LogP contribution in [-0.4, -0.2) is 96.9 Å². The summed E-state index contributed by atoms with van der Waals surface area (Å²) in [6.07, 6.45) is -5.15. The standard InChI is InChI=1S/C29H35N8O13P/c1-13-8-36(29(42)35-25(13)40)27-23(44-2)21(39)18(49-27)10-47-51(43,32-7-14-4-3-5-15-22(14)46-12-45-15)50-16-6-19(48-17(16)9-38)37-11-31-20-24(37)33-28(30)34-26(20)41/h3-5,8,11,16-19,21,23,27,38-39H,6-7,9-10,12H2,1-2H3,(H,32,43)(H,35,40,42)(H3,30,33,34,41)/t16?,17-,18-,19-,21?,23-,27-,51?/m1/s1. The van der Waals surface area contributed by atoms with Crippen LogP contribution in [0, 0.1) is 6.92 Å². The van der Waals surface area contributed by atoms with Crippen LogP contribution in [0.2, 0.25) is 0 Å². The van der Waals surface area contributed by atoms with E-state index in [1.54, 1.807) is 18.2 Å². The first-order chi connectivity index (χ1) is 24.5. The summed E-state index contributed by atoms with van der Waals surface area (Å²) in [6, 6.07) is 5.17. The van der Waals surface area contributed by atoms with Gasteiger partial charge in [-0.05, 0) is 13.0 Å². The number of aryl methyl sites for hydroxylation is 1. The molecule has 0 bridgehead atoms. The van der Waals surface area contributed by atoms with Crippen molar-refractivity contribution in [2.45, 2.75) is 62.9 Å². The number of nitrogens with two attached hydrogens (primary N) is 1. The number of para-hydroxylation sites is 1. The van der Waals surface area contributed by atoms with E-state index in [-0.39, 0.29) is 42.4 Å². The predicted octanol–water partition coefficient (Wildman–Crippen LogP) is -0.858. The molecule has 0 aliphatic carbocycles. The molecule has 2 fully saturated rings. The molecule has 21 nitrogen and oxygen atoms in total. The highest BCUT2D eigenvalue weighted by molar-refractivity contribution is 7.51. The van der Waals surface area contributed by atoms with Crippen LogP contribution >= 0.6 is 7.75 Å². The molecule has 22 heteroatoms. The highest BCUT2D eigenvalue weighted by Crippen LogP contribution is 2.50. The number of aliphatic hydroxyl groups excluding tert-OH is 2. The first-order valence-corrected chi connectivity index (χ1v) is 17.3. The van der Waals surface area contributed by atoms with Crippen LogP contribution < -0.4 is 37.1 Å². The third-order valence-electron chi connectivity index (χ3n) is 8.75. The first-order valence-electron chi connectivity index (χ1n) is 15.7. The van der Waals surface area contributed by atoms with E-state index in [0.29, 0.717) is 17.1 Å². The third-order valence-corrected chi connectivity index (χ3v) is 10.3. The molecule has 2 saturated heterocycles. The van der Waals surface area contributed by atoms with Crippen LogP contribution in [0.1, 0.15) is 30.0 Å². The average molecular weight is 735 g/mol. The lowest BCUT2D eigenvalue weighted by atomic mass is 10.1. The van der Waals surface area contributed by atoms with E-state index in [2.05, 4.69) is 25.0 Å². The normalized spacial score (nSPS) is 26.9. The number of hydrogen-bond donors (Lipinski definition) is 6. The monoisotopic (exact) mass is 734 g/mol. The smallest absolute Gasteiger partial charge is 0.406 e. The van der Waals surface area contributed by atoms with Gasteiger partial charge in [0.25, 0.3) is 11.1 Å². The van der Waals surface area contributed by atoms with Crippen LogP contribution in [-0.2, 0) is 34.4 Å². The number of aromatic nitrogens is 6. The van der Waals surface area contributed by atoms with Gasteiger partial charge in [-0.1, -0.05) is 12.1 Å². The molecule has 3 aliphatic rings. The van der Waals surface area contributed by atoms with Crippen molar-refractivity contribution in [3.05, 3.63) is 73.0 Å². The Morgan fingerprint density at radius 2 is 1.96 bits per heavy atom. The molecule has 51 heavy (non-hydrogen) atoms. The Morgan fingerprint density at radius 1 is 1.14 bits per heavy atom. The quantitative estimate of drug-likeness (QED) is 0.0966. The molecule has 3 aliphatic heterocycles. The topological polar surface area (TPSA) is 279 Å². The van der Waals surface area contributed by atoms with Crippen LogP contribution in [0.5, 0.6) is 11.5 Å². The van der Waals surface area contributed by atoms with Gasteiger partial charge in [0.1, 0.15) is 36.7 Å². The number of ether oxygens (including phenoxy) is 5. The Labute approximate surface area is 286 Å². The van der Waals surface area contributed by atoms with Crippen molar-refractivity contribution in [1.82, 2.24) is 34.2 Å². The van der Waals surface area contributed by atoms with Crippen LogP contribution in [0.3, 0.4) is 0 Å². The van der Waals surface area contributed by atoms with Gasteiger partial charge < -0.3 is 39.6 Å². The van der Waals surface area contributed by atoms with Gasteiger partial charge in [-0.15, -0.1) is 0 Å². The minimum Gasteiger partial charge on any atom is -0.454 e. The number of H-pyrrole nitrogens is 2. The fourth-order valence-corrected chi connectivity index (χ4v) is 7.70. The van der Waals surface area contributed by atoms with Gasteiger partial charge >= 0.3 is 13.4 Å². The van der Waals surface area contributed by atoms with E-state index < -0.39 is 80.7 Å². The predicted molar refractivity (Wildman–Crippen MR) is 173 cm³/mol. The molecule has 3 unspecified atom stereocenters. The van der Waals surface area contributed by atoms with E-state index in [0.717, 1.165) is 4.57 Å². The number of methoxy groups -OCH3 is 1. The average Bonchev–Trinajstić information content (AvgIpc) is 3.90. The minimum absolute atomic E-state index is 0.00193. The van der Waals surface area contributed by atoms with Gasteiger partial charge in [-0.2, -0.15) is 4.98 Å². The van der Waals surface area contributed by atoms with Gasteiger partial charge in [0.05, 0.1) is 19.5 Å². The molecule has 7 rings (SSSR count). The lowest BCUT2D eigenvalue weighted by molar-refractivity contribution is -0.0635.